The van der Waals surface area contributed by atoms with Crippen LogP contribution in [0.1, 0.15) is 5.56 Å². The zero-order valence-corrected chi connectivity index (χ0v) is 8.97. The van der Waals surface area contributed by atoms with E-state index in [4.69, 9.17) is 5.73 Å². The molecule has 0 fully saturated rings. The number of nitrogens with one attached hydrogen (secondary N) is 1. The number of benzene rings is 1. The third kappa shape index (κ3) is 1.33. The van der Waals surface area contributed by atoms with E-state index < -0.39 is 0 Å². The highest BCUT2D eigenvalue weighted by molar-refractivity contribution is 7.99. The van der Waals surface area contributed by atoms with Crippen LogP contribution in [0.5, 0.6) is 0 Å². The number of fused-ring (bicyclic) bond motifs is 1. The van der Waals surface area contributed by atoms with Crippen molar-refractivity contribution in [3.63, 3.8) is 0 Å². The summed E-state index contributed by atoms with van der Waals surface area (Å²) < 4.78 is 0. The molecule has 0 spiro atoms. The van der Waals surface area contributed by atoms with E-state index in [9.17, 15) is 0 Å². The molecule has 1 aromatic heterocycles. The summed E-state index contributed by atoms with van der Waals surface area (Å²) in [5.74, 6) is 1.82. The summed E-state index contributed by atoms with van der Waals surface area (Å²) in [7, 11) is 0. The lowest BCUT2D eigenvalue weighted by Gasteiger charge is -2.05. The molecule has 0 amide bonds. The van der Waals surface area contributed by atoms with Gasteiger partial charge in [-0.15, -0.1) is 11.8 Å². The highest BCUT2D eigenvalue weighted by Crippen LogP contribution is 2.38. The molecule has 3 nitrogen and oxygen atoms in total. The smallest absolute Gasteiger partial charge is 0.126 e. The summed E-state index contributed by atoms with van der Waals surface area (Å²) in [6, 6.07) is 6.37. The van der Waals surface area contributed by atoms with Crippen LogP contribution < -0.4 is 5.73 Å². The Hall–Kier alpha value is -1.42. The van der Waals surface area contributed by atoms with Gasteiger partial charge in [-0.1, -0.05) is 12.1 Å². The van der Waals surface area contributed by atoms with Crippen molar-refractivity contribution in [2.45, 2.75) is 11.3 Å². The van der Waals surface area contributed by atoms with Gasteiger partial charge in [-0.25, -0.2) is 0 Å². The Kier molecular flexibility index (Phi) is 1.95. The maximum atomic E-state index is 5.84. The largest absolute Gasteiger partial charge is 0.384 e. The number of rotatable bonds is 1. The molecule has 3 rings (SSSR count). The molecule has 1 aromatic carbocycles. The molecule has 4 heteroatoms. The Balaban J connectivity index is 2.21. The number of hydrogen-bond acceptors (Lipinski definition) is 3. The Labute approximate surface area is 92.1 Å². The Bertz CT molecular complexity index is 504. The van der Waals surface area contributed by atoms with Crippen LogP contribution >= 0.6 is 11.8 Å². The average molecular weight is 217 g/mol. The number of anilines is 1. The van der Waals surface area contributed by atoms with Crippen LogP contribution in [0.4, 0.5) is 5.82 Å². The molecule has 0 unspecified atom stereocenters. The van der Waals surface area contributed by atoms with Gasteiger partial charge in [0.05, 0.1) is 6.20 Å². The highest BCUT2D eigenvalue weighted by atomic mass is 32.2. The summed E-state index contributed by atoms with van der Waals surface area (Å²) in [6.45, 7) is 0. The van der Waals surface area contributed by atoms with E-state index in [0.717, 1.165) is 12.0 Å². The van der Waals surface area contributed by atoms with Crippen LogP contribution in [0.3, 0.4) is 0 Å². The van der Waals surface area contributed by atoms with Gasteiger partial charge < -0.3 is 5.73 Å². The van der Waals surface area contributed by atoms with Gasteiger partial charge in [0.2, 0.25) is 0 Å². The van der Waals surface area contributed by atoms with Gasteiger partial charge in [0.1, 0.15) is 5.82 Å². The van der Waals surface area contributed by atoms with E-state index in [1.807, 2.05) is 11.8 Å². The van der Waals surface area contributed by atoms with Gasteiger partial charge in [-0.3, -0.25) is 5.10 Å². The Morgan fingerprint density at radius 1 is 1.33 bits per heavy atom. The molecule has 0 saturated heterocycles. The number of thioether (sulfide) groups is 1. The zero-order valence-electron chi connectivity index (χ0n) is 8.16. The fraction of sp³-hybridized carbons (Fsp3) is 0.182. The highest BCUT2D eigenvalue weighted by Gasteiger charge is 2.17. The molecular weight excluding hydrogens is 206 g/mol. The first kappa shape index (κ1) is 8.85. The molecule has 2 aromatic rings. The quantitative estimate of drug-likeness (QED) is 0.770. The summed E-state index contributed by atoms with van der Waals surface area (Å²) in [4.78, 5) is 1.38. The zero-order chi connectivity index (χ0) is 10.3. The molecule has 0 radical (unpaired) electrons. The number of nitrogens with zero attached hydrogens (tertiary/aromatic N) is 1. The second kappa shape index (κ2) is 3.31. The summed E-state index contributed by atoms with van der Waals surface area (Å²) in [6.07, 6.45) is 2.93. The first-order chi connectivity index (χ1) is 7.36. The molecule has 1 aliphatic rings. The van der Waals surface area contributed by atoms with Crippen molar-refractivity contribution in [2.24, 2.45) is 0 Å². The van der Waals surface area contributed by atoms with Crippen molar-refractivity contribution in [2.75, 3.05) is 11.5 Å². The second-order valence-corrected chi connectivity index (χ2v) is 4.71. The van der Waals surface area contributed by atoms with Gasteiger partial charge in [-0.05, 0) is 23.6 Å². The first-order valence-corrected chi connectivity index (χ1v) is 5.89. The number of aromatic amines is 1. The summed E-state index contributed by atoms with van der Waals surface area (Å²) >= 11 is 1.91. The monoisotopic (exact) mass is 217 g/mol. The minimum Gasteiger partial charge on any atom is -0.384 e. The predicted octanol–water partition coefficient (Wildman–Crippen LogP) is 2.31. The van der Waals surface area contributed by atoms with E-state index >= 15 is 0 Å². The van der Waals surface area contributed by atoms with E-state index in [2.05, 4.69) is 28.4 Å². The third-order valence-corrected chi connectivity index (χ3v) is 3.80. The maximum Gasteiger partial charge on any atom is 0.126 e. The molecule has 0 aliphatic carbocycles. The van der Waals surface area contributed by atoms with E-state index in [1.165, 1.54) is 21.8 Å². The molecule has 0 bridgehead atoms. The number of H-pyrrole nitrogens is 1. The van der Waals surface area contributed by atoms with E-state index in [-0.39, 0.29) is 0 Å². The van der Waals surface area contributed by atoms with Crippen molar-refractivity contribution in [1.82, 2.24) is 10.2 Å². The fourth-order valence-corrected chi connectivity index (χ4v) is 3.07. The lowest BCUT2D eigenvalue weighted by atomic mass is 10.0. The Morgan fingerprint density at radius 3 is 3.07 bits per heavy atom. The molecule has 1 aliphatic heterocycles. The number of hydrogen-bond donors (Lipinski definition) is 2. The molecular formula is C11H11N3S. The van der Waals surface area contributed by atoms with Gasteiger partial charge in [0, 0.05) is 16.2 Å². The number of nitrogens with two attached hydrogens (primary N) is 1. The van der Waals surface area contributed by atoms with Crippen molar-refractivity contribution in [3.8, 4) is 11.1 Å². The SMILES string of the molecule is Nc1[nH]ncc1-c1cccc2c1CCS2. The van der Waals surface area contributed by atoms with Gasteiger partial charge in [0.25, 0.3) is 0 Å². The van der Waals surface area contributed by atoms with Crippen molar-refractivity contribution < 1.29 is 0 Å². The average Bonchev–Trinajstić information content (AvgIpc) is 2.85. The lowest BCUT2D eigenvalue weighted by molar-refractivity contribution is 1.10. The Morgan fingerprint density at radius 2 is 2.27 bits per heavy atom. The molecule has 0 atom stereocenters. The number of nitrogen functional groups attached to an aromatic ring is 1. The van der Waals surface area contributed by atoms with Gasteiger partial charge >= 0.3 is 0 Å². The van der Waals surface area contributed by atoms with Gasteiger partial charge in [0.15, 0.2) is 0 Å². The minimum atomic E-state index is 0.653. The molecule has 3 N–H and O–H groups in total. The lowest BCUT2D eigenvalue weighted by Crippen LogP contribution is -1.91. The number of aromatic nitrogens is 2. The van der Waals surface area contributed by atoms with Crippen LogP contribution in [-0.2, 0) is 6.42 Å². The van der Waals surface area contributed by atoms with Crippen LogP contribution in [0.2, 0.25) is 0 Å². The predicted molar refractivity (Wildman–Crippen MR) is 62.9 cm³/mol. The third-order valence-electron chi connectivity index (χ3n) is 2.70. The van der Waals surface area contributed by atoms with Gasteiger partial charge in [-0.2, -0.15) is 5.10 Å². The van der Waals surface area contributed by atoms with Crippen molar-refractivity contribution >= 4 is 17.6 Å². The van der Waals surface area contributed by atoms with Crippen LogP contribution in [0.25, 0.3) is 11.1 Å². The van der Waals surface area contributed by atoms with Crippen molar-refractivity contribution in [3.05, 3.63) is 30.0 Å². The maximum absolute atomic E-state index is 5.84. The summed E-state index contributed by atoms with van der Waals surface area (Å²) in [5, 5.41) is 6.75. The van der Waals surface area contributed by atoms with Crippen LogP contribution in [0, 0.1) is 0 Å². The molecule has 2 heterocycles. The fourth-order valence-electron chi connectivity index (χ4n) is 1.98. The standard InChI is InChI=1S/C11H11N3S/c12-11-9(6-13-14-11)7-2-1-3-10-8(7)4-5-15-10/h1-3,6H,4-5H2,(H3,12,13,14). The second-order valence-electron chi connectivity index (χ2n) is 3.58. The topological polar surface area (TPSA) is 54.7 Å². The first-order valence-electron chi connectivity index (χ1n) is 4.90. The van der Waals surface area contributed by atoms with E-state index in [1.54, 1.807) is 6.20 Å². The van der Waals surface area contributed by atoms with Crippen LogP contribution in [0.15, 0.2) is 29.3 Å². The summed E-state index contributed by atoms with van der Waals surface area (Å²) in [5.41, 5.74) is 9.50. The minimum absolute atomic E-state index is 0.653. The molecule has 15 heavy (non-hydrogen) atoms. The van der Waals surface area contributed by atoms with Crippen molar-refractivity contribution in [1.29, 1.82) is 0 Å². The molecule has 76 valence electrons. The van der Waals surface area contributed by atoms with Crippen LogP contribution in [-0.4, -0.2) is 16.0 Å². The normalized spacial score (nSPS) is 14.1. The molecule has 0 saturated carbocycles. The van der Waals surface area contributed by atoms with E-state index in [0.29, 0.717) is 5.82 Å².